The number of carbonyl (C=O) groups excluding carboxylic acids is 2. The minimum Gasteiger partial charge on any atom is -0.497 e. The Labute approximate surface area is 163 Å². The number of rotatable bonds is 8. The topological polar surface area (TPSA) is 83.1 Å². The first-order chi connectivity index (χ1) is 13.5. The molecule has 2 aromatic rings. The number of amides is 1. The molecule has 0 fully saturated rings. The zero-order valence-electron chi connectivity index (χ0n) is 16.2. The first-order valence-electron chi connectivity index (χ1n) is 8.52. The van der Waals surface area contributed by atoms with Gasteiger partial charge in [0.1, 0.15) is 5.75 Å². The molecule has 1 amide bonds. The van der Waals surface area contributed by atoms with E-state index in [1.54, 1.807) is 62.8 Å². The molecule has 0 radical (unpaired) electrons. The van der Waals surface area contributed by atoms with E-state index >= 15 is 0 Å². The van der Waals surface area contributed by atoms with E-state index in [0.717, 1.165) is 5.56 Å². The summed E-state index contributed by atoms with van der Waals surface area (Å²) in [6.07, 6.45) is 1.86. The van der Waals surface area contributed by atoms with Gasteiger partial charge in [-0.15, -0.1) is 0 Å². The van der Waals surface area contributed by atoms with Crippen molar-refractivity contribution in [3.63, 3.8) is 0 Å². The molecule has 7 nitrogen and oxygen atoms in total. The van der Waals surface area contributed by atoms with Gasteiger partial charge in [-0.25, -0.2) is 4.79 Å². The van der Waals surface area contributed by atoms with Gasteiger partial charge in [-0.2, -0.15) is 0 Å². The molecule has 0 spiro atoms. The third kappa shape index (κ3) is 5.77. The van der Waals surface area contributed by atoms with Gasteiger partial charge in [-0.05, 0) is 55.0 Å². The van der Waals surface area contributed by atoms with Crippen molar-refractivity contribution in [1.82, 2.24) is 0 Å². The molecule has 2 rings (SSSR count). The lowest BCUT2D eigenvalue weighted by Crippen LogP contribution is -2.29. The number of hydrogen-bond donors (Lipinski definition) is 1. The number of anilines is 1. The highest BCUT2D eigenvalue weighted by molar-refractivity contribution is 5.96. The summed E-state index contributed by atoms with van der Waals surface area (Å²) >= 11 is 0. The Morgan fingerprint density at radius 1 is 0.929 bits per heavy atom. The van der Waals surface area contributed by atoms with E-state index in [0.29, 0.717) is 22.9 Å². The number of esters is 1. The van der Waals surface area contributed by atoms with Crippen LogP contribution in [0.25, 0.3) is 6.08 Å². The smallest absolute Gasteiger partial charge is 0.331 e. The number of benzene rings is 2. The molecular weight excluding hydrogens is 362 g/mol. The molecule has 0 aliphatic carbocycles. The molecule has 0 saturated heterocycles. The Hall–Kier alpha value is -3.48. The van der Waals surface area contributed by atoms with Crippen LogP contribution in [-0.2, 0) is 14.3 Å². The van der Waals surface area contributed by atoms with E-state index in [9.17, 15) is 9.59 Å². The molecular formula is C21H23NO6. The van der Waals surface area contributed by atoms with E-state index in [1.165, 1.54) is 20.1 Å². The highest BCUT2D eigenvalue weighted by Crippen LogP contribution is 2.28. The number of ether oxygens (including phenoxy) is 4. The zero-order valence-corrected chi connectivity index (χ0v) is 16.2. The van der Waals surface area contributed by atoms with Crippen LogP contribution in [0.15, 0.2) is 48.5 Å². The molecule has 0 aliphatic rings. The summed E-state index contributed by atoms with van der Waals surface area (Å²) in [5.74, 6) is 0.749. The minimum absolute atomic E-state index is 0.432. The molecule has 1 atom stereocenters. The van der Waals surface area contributed by atoms with Gasteiger partial charge in [-0.3, -0.25) is 4.79 Å². The Morgan fingerprint density at radius 3 is 2.21 bits per heavy atom. The van der Waals surface area contributed by atoms with E-state index < -0.39 is 18.0 Å². The Kier molecular flexibility index (Phi) is 7.45. The molecule has 148 valence electrons. The van der Waals surface area contributed by atoms with Crippen LogP contribution in [-0.4, -0.2) is 39.3 Å². The third-order valence-corrected chi connectivity index (χ3v) is 3.84. The van der Waals surface area contributed by atoms with Gasteiger partial charge in [0.2, 0.25) is 0 Å². The Morgan fingerprint density at radius 2 is 1.61 bits per heavy atom. The van der Waals surface area contributed by atoms with Crippen LogP contribution >= 0.6 is 0 Å². The van der Waals surface area contributed by atoms with Crippen LogP contribution < -0.4 is 19.5 Å². The SMILES string of the molecule is COc1ccc(NC(=O)[C@H](C)OC(=O)/C=C/c2ccc(OC)c(OC)c2)cc1. The normalized spacial score (nSPS) is 11.6. The second-order valence-corrected chi connectivity index (χ2v) is 5.74. The van der Waals surface area contributed by atoms with Gasteiger partial charge in [0, 0.05) is 11.8 Å². The fourth-order valence-corrected chi connectivity index (χ4v) is 2.31. The molecule has 0 aromatic heterocycles. The number of nitrogens with one attached hydrogen (secondary N) is 1. The van der Waals surface area contributed by atoms with Crippen molar-refractivity contribution < 1.29 is 28.5 Å². The first kappa shape index (κ1) is 20.8. The van der Waals surface area contributed by atoms with E-state index in [4.69, 9.17) is 18.9 Å². The van der Waals surface area contributed by atoms with Crippen molar-refractivity contribution in [3.05, 3.63) is 54.1 Å². The van der Waals surface area contributed by atoms with Crippen molar-refractivity contribution in [2.75, 3.05) is 26.6 Å². The maximum absolute atomic E-state index is 12.2. The lowest BCUT2D eigenvalue weighted by Gasteiger charge is -2.12. The predicted molar refractivity (Wildman–Crippen MR) is 106 cm³/mol. The fourth-order valence-electron chi connectivity index (χ4n) is 2.31. The summed E-state index contributed by atoms with van der Waals surface area (Å²) in [6, 6.07) is 12.1. The second kappa shape index (κ2) is 10.0. The van der Waals surface area contributed by atoms with E-state index in [1.807, 2.05) is 0 Å². The summed E-state index contributed by atoms with van der Waals surface area (Å²) in [7, 11) is 4.64. The van der Waals surface area contributed by atoms with Crippen molar-refractivity contribution in [2.24, 2.45) is 0 Å². The third-order valence-electron chi connectivity index (χ3n) is 3.84. The zero-order chi connectivity index (χ0) is 20.5. The summed E-state index contributed by atoms with van der Waals surface area (Å²) in [4.78, 5) is 24.1. The van der Waals surface area contributed by atoms with Crippen LogP contribution in [0.5, 0.6) is 17.2 Å². The molecule has 0 saturated carbocycles. The Bertz CT molecular complexity index is 844. The minimum atomic E-state index is -0.954. The molecule has 0 unspecified atom stereocenters. The lowest BCUT2D eigenvalue weighted by atomic mass is 10.2. The molecule has 2 aromatic carbocycles. The average molecular weight is 385 g/mol. The quantitative estimate of drug-likeness (QED) is 0.555. The number of methoxy groups -OCH3 is 3. The van der Waals surface area contributed by atoms with Crippen molar-refractivity contribution in [3.8, 4) is 17.2 Å². The van der Waals surface area contributed by atoms with E-state index in [-0.39, 0.29) is 0 Å². The molecule has 0 bridgehead atoms. The lowest BCUT2D eigenvalue weighted by molar-refractivity contribution is -0.148. The van der Waals surface area contributed by atoms with Gasteiger partial charge in [0.15, 0.2) is 17.6 Å². The average Bonchev–Trinajstić information content (AvgIpc) is 2.72. The van der Waals surface area contributed by atoms with Crippen LogP contribution in [0.1, 0.15) is 12.5 Å². The van der Waals surface area contributed by atoms with Crippen molar-refractivity contribution in [1.29, 1.82) is 0 Å². The van der Waals surface area contributed by atoms with Crippen LogP contribution in [0.3, 0.4) is 0 Å². The predicted octanol–water partition coefficient (Wildman–Crippen LogP) is 3.30. The van der Waals surface area contributed by atoms with Gasteiger partial charge < -0.3 is 24.3 Å². The highest BCUT2D eigenvalue weighted by atomic mass is 16.5. The number of carbonyl (C=O) groups is 2. The van der Waals surface area contributed by atoms with Crippen LogP contribution in [0.2, 0.25) is 0 Å². The van der Waals surface area contributed by atoms with Crippen LogP contribution in [0.4, 0.5) is 5.69 Å². The maximum Gasteiger partial charge on any atom is 0.331 e. The van der Waals surface area contributed by atoms with Crippen LogP contribution in [0, 0.1) is 0 Å². The summed E-state index contributed by atoms with van der Waals surface area (Å²) in [5.41, 5.74) is 1.31. The molecule has 1 N–H and O–H groups in total. The molecule has 28 heavy (non-hydrogen) atoms. The Balaban J connectivity index is 1.92. The van der Waals surface area contributed by atoms with Crippen molar-refractivity contribution >= 4 is 23.6 Å². The second-order valence-electron chi connectivity index (χ2n) is 5.74. The van der Waals surface area contributed by atoms with Gasteiger partial charge in [0.25, 0.3) is 5.91 Å². The summed E-state index contributed by atoms with van der Waals surface area (Å²) in [5, 5.41) is 2.67. The van der Waals surface area contributed by atoms with E-state index in [2.05, 4.69) is 5.32 Å². The van der Waals surface area contributed by atoms with Gasteiger partial charge in [-0.1, -0.05) is 6.07 Å². The highest BCUT2D eigenvalue weighted by Gasteiger charge is 2.16. The fraction of sp³-hybridized carbons (Fsp3) is 0.238. The molecule has 0 aliphatic heterocycles. The molecule has 0 heterocycles. The monoisotopic (exact) mass is 385 g/mol. The largest absolute Gasteiger partial charge is 0.497 e. The maximum atomic E-state index is 12.2. The molecule has 7 heteroatoms. The first-order valence-corrected chi connectivity index (χ1v) is 8.52. The summed E-state index contributed by atoms with van der Waals surface area (Å²) in [6.45, 7) is 1.50. The van der Waals surface area contributed by atoms with Gasteiger partial charge >= 0.3 is 5.97 Å². The number of hydrogen-bond acceptors (Lipinski definition) is 6. The summed E-state index contributed by atoms with van der Waals surface area (Å²) < 4.78 is 20.6. The standard InChI is InChI=1S/C21H23NO6/c1-14(21(24)22-16-7-9-17(25-2)10-8-16)28-20(23)12-6-15-5-11-18(26-3)19(13-15)27-4/h5-14H,1-4H3,(H,22,24)/b12-6+/t14-/m0/s1. The van der Waals surface area contributed by atoms with Crippen molar-refractivity contribution in [2.45, 2.75) is 13.0 Å². The van der Waals surface area contributed by atoms with Gasteiger partial charge in [0.05, 0.1) is 21.3 Å².